The van der Waals surface area contributed by atoms with Gasteiger partial charge in [0.15, 0.2) is 0 Å². The Morgan fingerprint density at radius 2 is 2.00 bits per heavy atom. The van der Waals surface area contributed by atoms with Crippen molar-refractivity contribution >= 4 is 12.0 Å². The van der Waals surface area contributed by atoms with E-state index in [1.54, 1.807) is 13.0 Å². The van der Waals surface area contributed by atoms with Crippen LogP contribution in [0, 0.1) is 6.92 Å². The van der Waals surface area contributed by atoms with E-state index in [4.69, 9.17) is 0 Å². The molecule has 0 aliphatic rings. The van der Waals surface area contributed by atoms with Gasteiger partial charge in [-0.25, -0.2) is 4.79 Å². The first-order valence-corrected chi connectivity index (χ1v) is 4.78. The monoisotopic (exact) mass is 244 g/mol. The van der Waals surface area contributed by atoms with E-state index < -0.39 is 17.7 Å². The molecule has 1 rings (SSSR count). The lowest BCUT2D eigenvalue weighted by Crippen LogP contribution is -2.07. The molecule has 0 fully saturated rings. The van der Waals surface area contributed by atoms with Gasteiger partial charge in [-0.3, -0.25) is 0 Å². The van der Waals surface area contributed by atoms with E-state index in [0.29, 0.717) is 5.56 Å². The van der Waals surface area contributed by atoms with Crippen LogP contribution in [0.4, 0.5) is 13.2 Å². The van der Waals surface area contributed by atoms with Crippen LogP contribution in [0.2, 0.25) is 0 Å². The molecule has 0 aliphatic heterocycles. The number of ether oxygens (including phenoxy) is 1. The fraction of sp³-hybridized carbons (Fsp3) is 0.250. The molecule has 0 saturated heterocycles. The Morgan fingerprint density at radius 3 is 2.53 bits per heavy atom. The number of hydrogen-bond acceptors (Lipinski definition) is 2. The zero-order valence-electron chi connectivity index (χ0n) is 9.34. The Kier molecular flexibility index (Phi) is 3.93. The summed E-state index contributed by atoms with van der Waals surface area (Å²) >= 11 is 0. The third-order valence-electron chi connectivity index (χ3n) is 2.11. The van der Waals surface area contributed by atoms with E-state index in [2.05, 4.69) is 4.74 Å². The van der Waals surface area contributed by atoms with Crippen molar-refractivity contribution < 1.29 is 22.7 Å². The Labute approximate surface area is 96.7 Å². The van der Waals surface area contributed by atoms with E-state index in [-0.39, 0.29) is 5.56 Å². The van der Waals surface area contributed by atoms with E-state index in [1.807, 2.05) is 0 Å². The molecule has 0 atom stereocenters. The number of aryl methyl sites for hydroxylation is 1. The van der Waals surface area contributed by atoms with Crippen LogP contribution in [0.25, 0.3) is 6.08 Å². The molecule has 1 aromatic rings. The van der Waals surface area contributed by atoms with Gasteiger partial charge < -0.3 is 4.74 Å². The molecule has 0 heterocycles. The van der Waals surface area contributed by atoms with Gasteiger partial charge in [-0.2, -0.15) is 13.2 Å². The van der Waals surface area contributed by atoms with Gasteiger partial charge in [0, 0.05) is 6.08 Å². The summed E-state index contributed by atoms with van der Waals surface area (Å²) in [4.78, 5) is 10.8. The maximum atomic E-state index is 12.7. The summed E-state index contributed by atoms with van der Waals surface area (Å²) in [6.45, 7) is 1.57. The van der Waals surface area contributed by atoms with Crippen LogP contribution in [-0.2, 0) is 15.7 Å². The Hall–Kier alpha value is -1.78. The first-order chi connectivity index (χ1) is 7.84. The number of hydrogen-bond donors (Lipinski definition) is 0. The van der Waals surface area contributed by atoms with Crippen LogP contribution in [0.5, 0.6) is 0 Å². The van der Waals surface area contributed by atoms with Crippen molar-refractivity contribution in [3.63, 3.8) is 0 Å². The van der Waals surface area contributed by atoms with Gasteiger partial charge in [0.1, 0.15) is 0 Å². The van der Waals surface area contributed by atoms with Gasteiger partial charge in [-0.1, -0.05) is 17.7 Å². The topological polar surface area (TPSA) is 26.3 Å². The summed E-state index contributed by atoms with van der Waals surface area (Å²) in [5, 5.41) is 0. The van der Waals surface area contributed by atoms with Crippen LogP contribution < -0.4 is 0 Å². The third-order valence-corrected chi connectivity index (χ3v) is 2.11. The second kappa shape index (κ2) is 5.03. The zero-order chi connectivity index (χ0) is 13.1. The van der Waals surface area contributed by atoms with Crippen molar-refractivity contribution in [2.45, 2.75) is 13.1 Å². The Balaban J connectivity index is 3.16. The highest BCUT2D eigenvalue weighted by Gasteiger charge is 2.32. The molecule has 0 amide bonds. The largest absolute Gasteiger partial charge is 0.466 e. The number of carbonyl (C=O) groups is 1. The summed E-state index contributed by atoms with van der Waals surface area (Å²) < 4.78 is 42.4. The minimum absolute atomic E-state index is 0.0616. The van der Waals surface area contributed by atoms with Gasteiger partial charge >= 0.3 is 12.1 Å². The molecule has 92 valence electrons. The number of esters is 1. The van der Waals surface area contributed by atoms with Gasteiger partial charge in [-0.15, -0.1) is 0 Å². The van der Waals surface area contributed by atoms with Gasteiger partial charge in [-0.05, 0) is 24.6 Å². The lowest BCUT2D eigenvalue weighted by Gasteiger charge is -2.11. The van der Waals surface area contributed by atoms with Gasteiger partial charge in [0.2, 0.25) is 0 Å². The molecule has 0 radical (unpaired) electrons. The minimum atomic E-state index is -4.44. The molecule has 0 N–H and O–H groups in total. The predicted molar refractivity (Wildman–Crippen MR) is 57.2 cm³/mol. The van der Waals surface area contributed by atoms with Crippen LogP contribution in [-0.4, -0.2) is 13.1 Å². The van der Waals surface area contributed by atoms with Crippen molar-refractivity contribution in [1.82, 2.24) is 0 Å². The number of methoxy groups -OCH3 is 1. The van der Waals surface area contributed by atoms with E-state index >= 15 is 0 Å². The quantitative estimate of drug-likeness (QED) is 0.590. The molecule has 0 saturated carbocycles. The van der Waals surface area contributed by atoms with Crippen molar-refractivity contribution in [1.29, 1.82) is 0 Å². The smallest absolute Gasteiger partial charge is 0.416 e. The van der Waals surface area contributed by atoms with Crippen molar-refractivity contribution in [3.8, 4) is 0 Å². The highest BCUT2D eigenvalue weighted by molar-refractivity contribution is 5.87. The molecule has 0 bridgehead atoms. The zero-order valence-corrected chi connectivity index (χ0v) is 9.34. The molecular weight excluding hydrogens is 233 g/mol. The van der Waals surface area contributed by atoms with Crippen molar-refractivity contribution in [2.24, 2.45) is 0 Å². The second-order valence-electron chi connectivity index (χ2n) is 3.44. The average Bonchev–Trinajstić information content (AvgIpc) is 2.25. The summed E-state index contributed by atoms with van der Waals surface area (Å²) in [5.74, 6) is -0.696. The van der Waals surface area contributed by atoms with Gasteiger partial charge in [0.05, 0.1) is 12.7 Å². The van der Waals surface area contributed by atoms with Crippen molar-refractivity contribution in [3.05, 3.63) is 41.0 Å². The fourth-order valence-corrected chi connectivity index (χ4v) is 1.29. The van der Waals surface area contributed by atoms with Crippen LogP contribution >= 0.6 is 0 Å². The Morgan fingerprint density at radius 1 is 1.35 bits per heavy atom. The van der Waals surface area contributed by atoms with Crippen LogP contribution in [0.3, 0.4) is 0 Å². The number of halogens is 3. The van der Waals surface area contributed by atoms with E-state index in [1.165, 1.54) is 6.07 Å². The lowest BCUT2D eigenvalue weighted by atomic mass is 10.0. The van der Waals surface area contributed by atoms with Crippen molar-refractivity contribution in [2.75, 3.05) is 7.11 Å². The number of carbonyl (C=O) groups excluding carboxylic acids is 1. The second-order valence-corrected chi connectivity index (χ2v) is 3.44. The SMILES string of the molecule is COC(=O)/C=C/c1ccc(C)cc1C(F)(F)F. The van der Waals surface area contributed by atoms with Gasteiger partial charge in [0.25, 0.3) is 0 Å². The number of benzene rings is 1. The molecule has 0 aromatic heterocycles. The molecule has 0 spiro atoms. The summed E-state index contributed by atoms with van der Waals surface area (Å²) in [6.07, 6.45) is -2.39. The predicted octanol–water partition coefficient (Wildman–Crippen LogP) is 3.20. The summed E-state index contributed by atoms with van der Waals surface area (Å²) in [7, 11) is 1.16. The average molecular weight is 244 g/mol. The minimum Gasteiger partial charge on any atom is -0.466 e. The Bertz CT molecular complexity index is 448. The molecule has 0 unspecified atom stereocenters. The first-order valence-electron chi connectivity index (χ1n) is 4.78. The summed E-state index contributed by atoms with van der Waals surface area (Å²) in [5.41, 5.74) is -0.321. The van der Waals surface area contributed by atoms with E-state index in [9.17, 15) is 18.0 Å². The highest BCUT2D eigenvalue weighted by Crippen LogP contribution is 2.33. The highest BCUT2D eigenvalue weighted by atomic mass is 19.4. The molecule has 17 heavy (non-hydrogen) atoms. The maximum absolute atomic E-state index is 12.7. The third kappa shape index (κ3) is 3.62. The maximum Gasteiger partial charge on any atom is 0.416 e. The molecular formula is C12H11F3O2. The lowest BCUT2D eigenvalue weighted by molar-refractivity contribution is -0.138. The van der Waals surface area contributed by atoms with Crippen LogP contribution in [0.15, 0.2) is 24.3 Å². The molecule has 2 nitrogen and oxygen atoms in total. The standard InChI is InChI=1S/C12H11F3O2/c1-8-3-4-9(5-6-11(16)17-2)10(7-8)12(13,14)15/h3-7H,1-2H3/b6-5+. The van der Waals surface area contributed by atoms with Crippen LogP contribution in [0.1, 0.15) is 16.7 Å². The fourth-order valence-electron chi connectivity index (χ4n) is 1.29. The van der Waals surface area contributed by atoms with E-state index in [0.717, 1.165) is 25.3 Å². The first kappa shape index (κ1) is 13.3. The normalized spacial score (nSPS) is 11.8. The molecule has 1 aromatic carbocycles. The number of alkyl halides is 3. The molecule has 5 heteroatoms. The molecule has 0 aliphatic carbocycles. The number of rotatable bonds is 2. The summed E-state index contributed by atoms with van der Waals surface area (Å²) in [6, 6.07) is 3.90.